The zero-order valence-electron chi connectivity index (χ0n) is 20.6. The van der Waals surface area contributed by atoms with Gasteiger partial charge in [-0.15, -0.1) is 0 Å². The maximum atomic E-state index is 13.2. The second kappa shape index (κ2) is 11.5. The van der Waals surface area contributed by atoms with Crippen LogP contribution < -0.4 is 14.2 Å². The van der Waals surface area contributed by atoms with Gasteiger partial charge in [0.15, 0.2) is 11.5 Å². The zero-order valence-corrected chi connectivity index (χ0v) is 20.6. The number of carbonyl (C=O) groups is 2. The Hall–Kier alpha value is -4.20. The largest absolute Gasteiger partial charge is 0.493 e. The second-order valence-corrected chi connectivity index (χ2v) is 8.11. The predicted molar refractivity (Wildman–Crippen MR) is 133 cm³/mol. The number of esters is 1. The first kappa shape index (κ1) is 24.9. The Morgan fingerprint density at radius 2 is 1.83 bits per heavy atom. The van der Waals surface area contributed by atoms with E-state index in [4.69, 9.17) is 23.4 Å². The summed E-state index contributed by atoms with van der Waals surface area (Å²) in [7, 11) is 3.18. The predicted octanol–water partition coefficient (Wildman–Crippen LogP) is 4.69. The average Bonchev–Trinajstić information content (AvgIpc) is 3.43. The summed E-state index contributed by atoms with van der Waals surface area (Å²) in [6.07, 6.45) is 5.38. The summed E-state index contributed by atoms with van der Waals surface area (Å²) in [5.74, 6) is 1.86. The van der Waals surface area contributed by atoms with Gasteiger partial charge in [-0.1, -0.05) is 0 Å². The van der Waals surface area contributed by atoms with Crippen molar-refractivity contribution in [2.45, 2.75) is 19.4 Å². The number of fused-ring (bicyclic) bond motifs is 1. The van der Waals surface area contributed by atoms with E-state index in [2.05, 4.69) is 0 Å². The third-order valence-corrected chi connectivity index (χ3v) is 5.99. The number of benzene rings is 2. The highest BCUT2D eigenvalue weighted by atomic mass is 16.5. The molecular weight excluding hydrogens is 462 g/mol. The molecule has 0 unspecified atom stereocenters. The smallest absolute Gasteiger partial charge is 0.338 e. The number of furan rings is 1. The molecular formula is C28H29NO7. The molecule has 8 heteroatoms. The summed E-state index contributed by atoms with van der Waals surface area (Å²) in [6.45, 7) is 2.80. The van der Waals surface area contributed by atoms with Gasteiger partial charge in [-0.25, -0.2) is 4.79 Å². The van der Waals surface area contributed by atoms with E-state index in [-0.39, 0.29) is 24.5 Å². The summed E-state index contributed by atoms with van der Waals surface area (Å²) >= 11 is 0. The average molecular weight is 492 g/mol. The monoisotopic (exact) mass is 491 g/mol. The Balaban J connectivity index is 1.59. The lowest BCUT2D eigenvalue weighted by molar-refractivity contribution is -0.129. The van der Waals surface area contributed by atoms with Crippen LogP contribution in [-0.4, -0.2) is 50.8 Å². The number of carbonyl (C=O) groups excluding carboxylic acids is 2. The van der Waals surface area contributed by atoms with Crippen molar-refractivity contribution in [1.82, 2.24) is 4.90 Å². The maximum Gasteiger partial charge on any atom is 0.338 e. The molecule has 8 nitrogen and oxygen atoms in total. The van der Waals surface area contributed by atoms with Crippen LogP contribution in [0.4, 0.5) is 0 Å². The molecule has 0 saturated carbocycles. The molecule has 1 atom stereocenters. The highest BCUT2D eigenvalue weighted by molar-refractivity contribution is 5.92. The number of ether oxygens (including phenoxy) is 4. The lowest BCUT2D eigenvalue weighted by Gasteiger charge is -2.37. The molecule has 0 bridgehead atoms. The minimum Gasteiger partial charge on any atom is -0.493 e. The van der Waals surface area contributed by atoms with Gasteiger partial charge in [0.2, 0.25) is 5.91 Å². The molecule has 2 heterocycles. The molecule has 0 spiro atoms. The first-order valence-corrected chi connectivity index (χ1v) is 11.7. The highest BCUT2D eigenvalue weighted by Gasteiger charge is 2.32. The van der Waals surface area contributed by atoms with Crippen LogP contribution in [0, 0.1) is 0 Å². The fourth-order valence-electron chi connectivity index (χ4n) is 4.18. The molecule has 1 aliphatic heterocycles. The van der Waals surface area contributed by atoms with E-state index < -0.39 is 0 Å². The third-order valence-electron chi connectivity index (χ3n) is 5.99. The Morgan fingerprint density at radius 1 is 1.08 bits per heavy atom. The van der Waals surface area contributed by atoms with Crippen LogP contribution >= 0.6 is 0 Å². The van der Waals surface area contributed by atoms with Crippen molar-refractivity contribution in [3.05, 3.63) is 83.3 Å². The molecule has 0 saturated heterocycles. The molecule has 1 aliphatic rings. The topological polar surface area (TPSA) is 87.4 Å². The summed E-state index contributed by atoms with van der Waals surface area (Å²) < 4.78 is 27.4. The normalized spacial score (nSPS) is 14.9. The standard InChI is InChI=1S/C28H29NO7/c1-4-34-28(31)19-7-9-22(10-8-19)36-18-24-23-17-26(33-3)25(32-2)16-20(23)13-14-29(24)27(30)12-11-21-6-5-15-35-21/h5-12,15-17,24H,4,13-14,18H2,1-3H3/b12-11+/t24-/m0/s1. The van der Waals surface area contributed by atoms with E-state index in [9.17, 15) is 9.59 Å². The SMILES string of the molecule is CCOC(=O)c1ccc(OC[C@H]2c3cc(OC)c(OC)cc3CCN2C(=O)/C=C/c2ccco2)cc1. The van der Waals surface area contributed by atoms with E-state index >= 15 is 0 Å². The Morgan fingerprint density at radius 3 is 2.50 bits per heavy atom. The first-order chi connectivity index (χ1) is 17.5. The fourth-order valence-corrected chi connectivity index (χ4v) is 4.18. The fraction of sp³-hybridized carbons (Fsp3) is 0.286. The quantitative estimate of drug-likeness (QED) is 0.317. The van der Waals surface area contributed by atoms with Crippen LogP contribution in [0.2, 0.25) is 0 Å². The van der Waals surface area contributed by atoms with Gasteiger partial charge in [-0.2, -0.15) is 0 Å². The number of hydrogen-bond donors (Lipinski definition) is 0. The van der Waals surface area contributed by atoms with Crippen molar-refractivity contribution in [3.8, 4) is 17.2 Å². The minimum absolute atomic E-state index is 0.155. The van der Waals surface area contributed by atoms with Crippen LogP contribution in [0.3, 0.4) is 0 Å². The highest BCUT2D eigenvalue weighted by Crippen LogP contribution is 2.38. The van der Waals surface area contributed by atoms with E-state index in [0.717, 1.165) is 11.1 Å². The van der Waals surface area contributed by atoms with Gasteiger partial charge in [0, 0.05) is 12.6 Å². The Kier molecular flexibility index (Phi) is 7.95. The molecule has 0 N–H and O–H groups in total. The van der Waals surface area contributed by atoms with Crippen molar-refractivity contribution in [2.75, 3.05) is 34.0 Å². The van der Waals surface area contributed by atoms with Crippen molar-refractivity contribution in [1.29, 1.82) is 0 Å². The van der Waals surface area contributed by atoms with E-state index in [1.54, 1.807) is 74.8 Å². The number of methoxy groups -OCH3 is 2. The molecule has 36 heavy (non-hydrogen) atoms. The molecule has 1 amide bonds. The second-order valence-electron chi connectivity index (χ2n) is 8.11. The molecule has 2 aromatic carbocycles. The molecule has 0 radical (unpaired) electrons. The third kappa shape index (κ3) is 5.54. The van der Waals surface area contributed by atoms with Gasteiger partial charge < -0.3 is 28.3 Å². The van der Waals surface area contributed by atoms with Crippen LogP contribution in [-0.2, 0) is 16.0 Å². The zero-order chi connectivity index (χ0) is 25.5. The van der Waals surface area contributed by atoms with Gasteiger partial charge in [0.05, 0.1) is 38.7 Å². The van der Waals surface area contributed by atoms with Crippen molar-refractivity contribution in [3.63, 3.8) is 0 Å². The van der Waals surface area contributed by atoms with Gasteiger partial charge in [0.25, 0.3) is 0 Å². The molecule has 0 aliphatic carbocycles. The first-order valence-electron chi connectivity index (χ1n) is 11.7. The molecule has 1 aromatic heterocycles. The van der Waals surface area contributed by atoms with Crippen LogP contribution in [0.5, 0.6) is 17.2 Å². The number of amides is 1. The Labute approximate surface area is 210 Å². The molecule has 188 valence electrons. The summed E-state index contributed by atoms with van der Waals surface area (Å²) in [5, 5.41) is 0. The lowest BCUT2D eigenvalue weighted by atomic mass is 9.92. The number of nitrogens with zero attached hydrogens (tertiary/aromatic N) is 1. The summed E-state index contributed by atoms with van der Waals surface area (Å²) in [4.78, 5) is 26.9. The summed E-state index contributed by atoms with van der Waals surface area (Å²) in [5.41, 5.74) is 2.45. The number of rotatable bonds is 9. The lowest BCUT2D eigenvalue weighted by Crippen LogP contribution is -2.41. The minimum atomic E-state index is -0.383. The summed E-state index contributed by atoms with van der Waals surface area (Å²) in [6, 6.07) is 13.8. The van der Waals surface area contributed by atoms with Crippen molar-refractivity contribution in [2.24, 2.45) is 0 Å². The van der Waals surface area contributed by atoms with Gasteiger partial charge in [0.1, 0.15) is 18.1 Å². The molecule has 4 rings (SSSR count). The molecule has 0 fully saturated rings. The van der Waals surface area contributed by atoms with E-state index in [1.165, 1.54) is 6.08 Å². The maximum absolute atomic E-state index is 13.2. The number of hydrogen-bond acceptors (Lipinski definition) is 7. The van der Waals surface area contributed by atoms with Crippen molar-refractivity contribution >= 4 is 18.0 Å². The van der Waals surface area contributed by atoms with Crippen LogP contribution in [0.25, 0.3) is 6.08 Å². The van der Waals surface area contributed by atoms with Gasteiger partial charge in [-0.05, 0) is 79.1 Å². The van der Waals surface area contributed by atoms with Crippen molar-refractivity contribution < 1.29 is 33.0 Å². The van der Waals surface area contributed by atoms with Gasteiger partial charge >= 0.3 is 5.97 Å². The Bertz CT molecular complexity index is 1220. The van der Waals surface area contributed by atoms with Gasteiger partial charge in [-0.3, -0.25) is 4.79 Å². The van der Waals surface area contributed by atoms with E-state index in [1.807, 2.05) is 12.1 Å². The van der Waals surface area contributed by atoms with E-state index in [0.29, 0.717) is 48.1 Å². The van der Waals surface area contributed by atoms with Crippen LogP contribution in [0.15, 0.2) is 65.3 Å². The van der Waals surface area contributed by atoms with Crippen LogP contribution in [0.1, 0.15) is 40.2 Å². The molecule has 3 aromatic rings.